The molecular formula is C38H22O2. The fourth-order valence-electron chi connectivity index (χ4n) is 6.44. The van der Waals surface area contributed by atoms with Crippen LogP contribution in [0.1, 0.15) is 0 Å². The van der Waals surface area contributed by atoms with Crippen LogP contribution in [0.2, 0.25) is 0 Å². The molecule has 0 saturated heterocycles. The number of fused-ring (bicyclic) bond motifs is 7. The molecule has 0 fully saturated rings. The summed E-state index contributed by atoms with van der Waals surface area (Å²) < 4.78 is 12.7. The van der Waals surface area contributed by atoms with Crippen LogP contribution in [-0.4, -0.2) is 0 Å². The molecule has 1 aliphatic heterocycles. The van der Waals surface area contributed by atoms with E-state index in [0.717, 1.165) is 39.2 Å². The van der Waals surface area contributed by atoms with Crippen molar-refractivity contribution in [3.8, 4) is 44.9 Å². The van der Waals surface area contributed by atoms with Gasteiger partial charge in [-0.25, -0.2) is 0 Å². The molecule has 0 saturated carbocycles. The van der Waals surface area contributed by atoms with E-state index in [9.17, 15) is 0 Å². The number of ether oxygens (including phenoxy) is 1. The molecule has 0 amide bonds. The van der Waals surface area contributed by atoms with E-state index < -0.39 is 0 Å². The minimum atomic E-state index is 0.896. The lowest BCUT2D eigenvalue weighted by atomic mass is 9.91. The molecule has 0 spiro atoms. The highest BCUT2D eigenvalue weighted by molar-refractivity contribution is 6.22. The van der Waals surface area contributed by atoms with E-state index in [2.05, 4.69) is 133 Å². The zero-order chi connectivity index (χ0) is 26.2. The van der Waals surface area contributed by atoms with Crippen molar-refractivity contribution in [2.75, 3.05) is 0 Å². The van der Waals surface area contributed by atoms with Crippen molar-refractivity contribution in [2.45, 2.75) is 0 Å². The summed E-state index contributed by atoms with van der Waals surface area (Å²) in [5, 5.41) is 7.14. The molecule has 1 aromatic heterocycles. The van der Waals surface area contributed by atoms with Crippen molar-refractivity contribution in [1.82, 2.24) is 0 Å². The summed E-state index contributed by atoms with van der Waals surface area (Å²) in [5.41, 5.74) is 8.84. The molecular weight excluding hydrogens is 488 g/mol. The first kappa shape index (κ1) is 21.6. The van der Waals surface area contributed by atoms with Crippen LogP contribution in [0.4, 0.5) is 0 Å². The molecule has 2 nitrogen and oxygen atoms in total. The molecule has 7 aromatic carbocycles. The van der Waals surface area contributed by atoms with Gasteiger partial charge in [0.2, 0.25) is 0 Å². The molecule has 0 unspecified atom stereocenters. The third-order valence-corrected chi connectivity index (χ3v) is 8.25. The third-order valence-electron chi connectivity index (χ3n) is 8.25. The van der Waals surface area contributed by atoms with Crippen LogP contribution < -0.4 is 4.74 Å². The number of hydrogen-bond donors (Lipinski definition) is 0. The molecule has 0 bridgehead atoms. The first-order valence-electron chi connectivity index (χ1n) is 13.6. The van der Waals surface area contributed by atoms with E-state index in [-0.39, 0.29) is 0 Å². The van der Waals surface area contributed by atoms with E-state index in [4.69, 9.17) is 9.15 Å². The molecule has 2 heterocycles. The lowest BCUT2D eigenvalue weighted by Crippen LogP contribution is -1.97. The molecule has 8 aromatic rings. The number of furan rings is 1. The first-order chi connectivity index (χ1) is 19.8. The second kappa shape index (κ2) is 8.08. The quantitative estimate of drug-likeness (QED) is 0.231. The van der Waals surface area contributed by atoms with E-state index in [1.807, 2.05) is 0 Å². The summed E-state index contributed by atoms with van der Waals surface area (Å²) in [6.45, 7) is 0. The Morgan fingerprint density at radius 3 is 2.10 bits per heavy atom. The van der Waals surface area contributed by atoms with Crippen molar-refractivity contribution >= 4 is 43.5 Å². The monoisotopic (exact) mass is 510 g/mol. The van der Waals surface area contributed by atoms with Crippen LogP contribution >= 0.6 is 0 Å². The summed E-state index contributed by atoms with van der Waals surface area (Å²) in [6.07, 6.45) is 0. The highest BCUT2D eigenvalue weighted by atomic mass is 16.5. The Kier molecular flexibility index (Phi) is 4.36. The normalized spacial score (nSPS) is 12.2. The summed E-state index contributed by atoms with van der Waals surface area (Å²) in [7, 11) is 0. The Bertz CT molecular complexity index is 2300. The molecule has 40 heavy (non-hydrogen) atoms. The standard InChI is InChI=1S/C38H22O2/c1-2-12-28-23(7-1)17-20-35-37(28)38-29(13-6-16-34(38)40-35)27-11-3-10-25(21-27)26-18-19-32-31(22-26)30-14-4-8-24-9-5-15-33(39-32)36(24)30/h1-22H. The van der Waals surface area contributed by atoms with Gasteiger partial charge in [0.15, 0.2) is 0 Å². The lowest BCUT2D eigenvalue weighted by Gasteiger charge is -2.22. The van der Waals surface area contributed by atoms with Gasteiger partial charge in [-0.2, -0.15) is 0 Å². The van der Waals surface area contributed by atoms with Gasteiger partial charge in [0.05, 0.1) is 0 Å². The second-order valence-corrected chi connectivity index (χ2v) is 10.5. The van der Waals surface area contributed by atoms with Gasteiger partial charge in [-0.15, -0.1) is 0 Å². The zero-order valence-corrected chi connectivity index (χ0v) is 21.5. The van der Waals surface area contributed by atoms with E-state index >= 15 is 0 Å². The molecule has 0 radical (unpaired) electrons. The van der Waals surface area contributed by atoms with E-state index in [1.54, 1.807) is 0 Å². The predicted molar refractivity (Wildman–Crippen MR) is 165 cm³/mol. The van der Waals surface area contributed by atoms with E-state index in [0.29, 0.717) is 0 Å². The maximum Gasteiger partial charge on any atom is 0.136 e. The predicted octanol–water partition coefficient (Wildman–Crippen LogP) is 11.0. The molecule has 0 N–H and O–H groups in total. The van der Waals surface area contributed by atoms with Crippen LogP contribution in [0.3, 0.4) is 0 Å². The molecule has 0 aliphatic carbocycles. The first-order valence-corrected chi connectivity index (χ1v) is 13.6. The lowest BCUT2D eigenvalue weighted by molar-refractivity contribution is 0.487. The summed E-state index contributed by atoms with van der Waals surface area (Å²) in [5.74, 6) is 1.82. The number of rotatable bonds is 2. The fraction of sp³-hybridized carbons (Fsp3) is 0. The number of benzene rings is 7. The van der Waals surface area contributed by atoms with Gasteiger partial charge >= 0.3 is 0 Å². The van der Waals surface area contributed by atoms with Crippen LogP contribution in [0.25, 0.3) is 76.9 Å². The summed E-state index contributed by atoms with van der Waals surface area (Å²) in [4.78, 5) is 0. The molecule has 0 atom stereocenters. The van der Waals surface area contributed by atoms with Crippen molar-refractivity contribution in [3.05, 3.63) is 133 Å². The molecule has 186 valence electrons. The van der Waals surface area contributed by atoms with E-state index in [1.165, 1.54) is 49.2 Å². The smallest absolute Gasteiger partial charge is 0.136 e. The third kappa shape index (κ3) is 3.05. The Labute approximate surface area is 230 Å². The topological polar surface area (TPSA) is 22.4 Å². The van der Waals surface area contributed by atoms with Crippen molar-refractivity contribution in [1.29, 1.82) is 0 Å². The van der Waals surface area contributed by atoms with Gasteiger partial charge in [-0.05, 0) is 80.4 Å². The summed E-state index contributed by atoms with van der Waals surface area (Å²) >= 11 is 0. The zero-order valence-electron chi connectivity index (χ0n) is 21.5. The maximum absolute atomic E-state index is 6.34. The largest absolute Gasteiger partial charge is 0.456 e. The Morgan fingerprint density at radius 1 is 0.375 bits per heavy atom. The number of hydrogen-bond acceptors (Lipinski definition) is 2. The van der Waals surface area contributed by atoms with Crippen LogP contribution in [-0.2, 0) is 0 Å². The van der Waals surface area contributed by atoms with Gasteiger partial charge in [-0.1, -0.05) is 97.1 Å². The minimum absolute atomic E-state index is 0.896. The Hall–Kier alpha value is -5.34. The molecule has 2 heteroatoms. The average Bonchev–Trinajstić information content (AvgIpc) is 3.41. The van der Waals surface area contributed by atoms with Gasteiger partial charge in [-0.3, -0.25) is 0 Å². The Morgan fingerprint density at radius 2 is 1.12 bits per heavy atom. The van der Waals surface area contributed by atoms with Crippen molar-refractivity contribution in [3.63, 3.8) is 0 Å². The van der Waals surface area contributed by atoms with Crippen LogP contribution in [0, 0.1) is 0 Å². The SMILES string of the molecule is c1cc(-c2ccc3c(c2)-c2cccc4cccc(c24)O3)cc(-c2cccc3oc4ccc5ccccc5c4c23)c1. The molecule has 9 rings (SSSR count). The Balaban J connectivity index is 1.23. The average molecular weight is 511 g/mol. The molecule has 1 aliphatic rings. The van der Waals surface area contributed by atoms with Gasteiger partial charge in [0, 0.05) is 21.7 Å². The van der Waals surface area contributed by atoms with Crippen LogP contribution in [0.15, 0.2) is 138 Å². The van der Waals surface area contributed by atoms with Crippen LogP contribution in [0.5, 0.6) is 11.5 Å². The van der Waals surface area contributed by atoms with Gasteiger partial charge in [0.1, 0.15) is 22.7 Å². The maximum atomic E-state index is 6.34. The van der Waals surface area contributed by atoms with Gasteiger partial charge in [0.25, 0.3) is 0 Å². The highest BCUT2D eigenvalue weighted by Gasteiger charge is 2.21. The van der Waals surface area contributed by atoms with Gasteiger partial charge < -0.3 is 9.15 Å². The minimum Gasteiger partial charge on any atom is -0.456 e. The van der Waals surface area contributed by atoms with Crippen molar-refractivity contribution in [2.24, 2.45) is 0 Å². The van der Waals surface area contributed by atoms with Crippen molar-refractivity contribution < 1.29 is 9.15 Å². The second-order valence-electron chi connectivity index (χ2n) is 10.5. The highest BCUT2D eigenvalue weighted by Crippen LogP contribution is 2.48. The fourth-order valence-corrected chi connectivity index (χ4v) is 6.44. The summed E-state index contributed by atoms with van der Waals surface area (Å²) in [6, 6.07) is 47.2.